The Kier molecular flexibility index (Phi) is 6.10. The van der Waals surface area contributed by atoms with Crippen LogP contribution in [0.2, 0.25) is 0 Å². The quantitative estimate of drug-likeness (QED) is 0.843. The van der Waals surface area contributed by atoms with Crippen LogP contribution in [-0.4, -0.2) is 27.9 Å². The van der Waals surface area contributed by atoms with Gasteiger partial charge in [-0.3, -0.25) is 0 Å². The molecule has 2 aromatic carbocycles. The second-order valence-electron chi connectivity index (χ2n) is 6.09. The van der Waals surface area contributed by atoms with Crippen LogP contribution in [0.5, 0.6) is 17.2 Å². The summed E-state index contributed by atoms with van der Waals surface area (Å²) in [5, 5.41) is 0. The average Bonchev–Trinajstić information content (AvgIpc) is 2.57. The maximum absolute atomic E-state index is 6.06. The molecule has 0 radical (unpaired) electrons. The number of nitrogens with two attached hydrogens (primary N) is 1. The van der Waals surface area contributed by atoms with E-state index in [-0.39, 0.29) is 5.92 Å². The SMILES string of the molecule is COc1cc(CC(CN)c2cc(C)cc(C)c2)cc(OC)c1OC. The minimum atomic E-state index is 0.242. The first kappa shape index (κ1) is 18.1. The topological polar surface area (TPSA) is 53.7 Å². The van der Waals surface area contributed by atoms with Crippen molar-refractivity contribution in [3.05, 3.63) is 52.6 Å². The number of benzene rings is 2. The molecule has 1 atom stereocenters. The summed E-state index contributed by atoms with van der Waals surface area (Å²) in [6, 6.07) is 10.6. The van der Waals surface area contributed by atoms with E-state index in [1.165, 1.54) is 16.7 Å². The second-order valence-corrected chi connectivity index (χ2v) is 6.09. The van der Waals surface area contributed by atoms with Gasteiger partial charge in [-0.1, -0.05) is 29.3 Å². The molecule has 0 heterocycles. The lowest BCUT2D eigenvalue weighted by atomic mass is 9.90. The molecule has 0 saturated carbocycles. The zero-order chi connectivity index (χ0) is 17.7. The smallest absolute Gasteiger partial charge is 0.203 e. The van der Waals surface area contributed by atoms with E-state index in [2.05, 4.69) is 32.0 Å². The summed E-state index contributed by atoms with van der Waals surface area (Å²) in [7, 11) is 4.87. The summed E-state index contributed by atoms with van der Waals surface area (Å²) < 4.78 is 16.3. The third kappa shape index (κ3) is 4.01. The molecule has 0 amide bonds. The van der Waals surface area contributed by atoms with Gasteiger partial charge in [0.15, 0.2) is 11.5 Å². The number of aryl methyl sites for hydroxylation is 2. The van der Waals surface area contributed by atoms with Crippen molar-refractivity contribution in [2.75, 3.05) is 27.9 Å². The van der Waals surface area contributed by atoms with Crippen molar-refractivity contribution in [1.29, 1.82) is 0 Å². The average molecular weight is 329 g/mol. The van der Waals surface area contributed by atoms with Crippen molar-refractivity contribution < 1.29 is 14.2 Å². The first-order valence-corrected chi connectivity index (χ1v) is 8.09. The summed E-state index contributed by atoms with van der Waals surface area (Å²) in [6.45, 7) is 4.81. The van der Waals surface area contributed by atoms with Gasteiger partial charge in [-0.2, -0.15) is 0 Å². The third-order valence-corrected chi connectivity index (χ3v) is 4.21. The summed E-state index contributed by atoms with van der Waals surface area (Å²) in [4.78, 5) is 0. The minimum Gasteiger partial charge on any atom is -0.493 e. The van der Waals surface area contributed by atoms with E-state index < -0.39 is 0 Å². The van der Waals surface area contributed by atoms with E-state index in [4.69, 9.17) is 19.9 Å². The predicted octanol–water partition coefficient (Wildman–Crippen LogP) is 3.61. The van der Waals surface area contributed by atoms with Gasteiger partial charge in [0.1, 0.15) is 0 Å². The number of methoxy groups -OCH3 is 3. The molecule has 0 bridgehead atoms. The summed E-state index contributed by atoms with van der Waals surface area (Å²) >= 11 is 0. The van der Waals surface area contributed by atoms with Crippen LogP contribution in [0.4, 0.5) is 0 Å². The van der Waals surface area contributed by atoms with Gasteiger partial charge in [-0.05, 0) is 50.1 Å². The van der Waals surface area contributed by atoms with Gasteiger partial charge in [-0.25, -0.2) is 0 Å². The normalized spacial score (nSPS) is 11.9. The van der Waals surface area contributed by atoms with Crippen molar-refractivity contribution in [3.8, 4) is 17.2 Å². The van der Waals surface area contributed by atoms with Gasteiger partial charge >= 0.3 is 0 Å². The van der Waals surface area contributed by atoms with Crippen molar-refractivity contribution in [2.24, 2.45) is 5.73 Å². The summed E-state index contributed by atoms with van der Waals surface area (Å²) in [6.07, 6.45) is 0.816. The molecule has 0 aliphatic heterocycles. The van der Waals surface area contributed by atoms with Gasteiger partial charge in [0.2, 0.25) is 5.75 Å². The number of hydrogen-bond donors (Lipinski definition) is 1. The van der Waals surface area contributed by atoms with Crippen LogP contribution in [-0.2, 0) is 6.42 Å². The predicted molar refractivity (Wildman–Crippen MR) is 97.5 cm³/mol. The Bertz CT molecular complexity index is 652. The number of rotatable bonds is 7. The molecule has 4 heteroatoms. The lowest BCUT2D eigenvalue weighted by Gasteiger charge is -2.19. The summed E-state index contributed by atoms with van der Waals surface area (Å²) in [5.41, 5.74) is 11.0. The molecule has 0 spiro atoms. The largest absolute Gasteiger partial charge is 0.493 e. The van der Waals surface area contributed by atoms with Crippen molar-refractivity contribution >= 4 is 0 Å². The standard InChI is InChI=1S/C20H27NO3/c1-13-6-14(2)8-16(7-13)17(12-21)9-15-10-18(22-3)20(24-5)19(11-15)23-4/h6-8,10-11,17H,9,12,21H2,1-5H3. The fourth-order valence-electron chi connectivity index (χ4n) is 3.12. The van der Waals surface area contributed by atoms with E-state index in [1.54, 1.807) is 21.3 Å². The molecule has 24 heavy (non-hydrogen) atoms. The molecule has 0 aromatic heterocycles. The highest BCUT2D eigenvalue weighted by atomic mass is 16.5. The molecule has 2 N–H and O–H groups in total. The lowest BCUT2D eigenvalue weighted by Crippen LogP contribution is -2.15. The number of hydrogen-bond acceptors (Lipinski definition) is 4. The van der Waals surface area contributed by atoms with Gasteiger partial charge in [0.25, 0.3) is 0 Å². The first-order valence-electron chi connectivity index (χ1n) is 8.09. The maximum atomic E-state index is 6.06. The molecular weight excluding hydrogens is 302 g/mol. The number of ether oxygens (including phenoxy) is 3. The van der Waals surface area contributed by atoms with Crippen molar-refractivity contribution in [1.82, 2.24) is 0 Å². The van der Waals surface area contributed by atoms with Crippen molar-refractivity contribution in [3.63, 3.8) is 0 Å². The molecule has 2 rings (SSSR count). The van der Waals surface area contributed by atoms with E-state index in [0.29, 0.717) is 23.8 Å². The highest BCUT2D eigenvalue weighted by Gasteiger charge is 2.17. The first-order chi connectivity index (χ1) is 11.5. The van der Waals surface area contributed by atoms with Gasteiger partial charge in [0.05, 0.1) is 21.3 Å². The Morgan fingerprint density at radius 2 is 1.38 bits per heavy atom. The maximum Gasteiger partial charge on any atom is 0.203 e. The van der Waals surface area contributed by atoms with Crippen LogP contribution in [0.15, 0.2) is 30.3 Å². The van der Waals surface area contributed by atoms with Gasteiger partial charge < -0.3 is 19.9 Å². The van der Waals surface area contributed by atoms with Crippen LogP contribution in [0.3, 0.4) is 0 Å². The highest BCUT2D eigenvalue weighted by molar-refractivity contribution is 5.54. The monoisotopic (exact) mass is 329 g/mol. The van der Waals surface area contributed by atoms with Crippen LogP contribution < -0.4 is 19.9 Å². The van der Waals surface area contributed by atoms with Crippen LogP contribution in [0, 0.1) is 13.8 Å². The van der Waals surface area contributed by atoms with Gasteiger partial charge in [0, 0.05) is 5.92 Å². The Hall–Kier alpha value is -2.20. The van der Waals surface area contributed by atoms with E-state index in [1.807, 2.05) is 12.1 Å². The van der Waals surface area contributed by atoms with E-state index in [0.717, 1.165) is 12.0 Å². The Morgan fingerprint density at radius 1 is 0.833 bits per heavy atom. The Morgan fingerprint density at radius 3 is 1.79 bits per heavy atom. The zero-order valence-electron chi connectivity index (χ0n) is 15.2. The highest BCUT2D eigenvalue weighted by Crippen LogP contribution is 2.39. The molecule has 4 nitrogen and oxygen atoms in total. The third-order valence-electron chi connectivity index (χ3n) is 4.21. The molecule has 1 unspecified atom stereocenters. The Balaban J connectivity index is 2.37. The van der Waals surface area contributed by atoms with Crippen LogP contribution in [0.1, 0.15) is 28.2 Å². The van der Waals surface area contributed by atoms with Crippen LogP contribution >= 0.6 is 0 Å². The molecule has 0 fully saturated rings. The fraction of sp³-hybridized carbons (Fsp3) is 0.400. The molecule has 0 aliphatic carbocycles. The van der Waals surface area contributed by atoms with Crippen LogP contribution in [0.25, 0.3) is 0 Å². The second kappa shape index (κ2) is 8.06. The molecule has 0 aliphatic rings. The zero-order valence-corrected chi connectivity index (χ0v) is 15.2. The summed E-state index contributed by atoms with van der Waals surface area (Å²) in [5.74, 6) is 2.19. The molecule has 2 aromatic rings. The van der Waals surface area contributed by atoms with E-state index in [9.17, 15) is 0 Å². The lowest BCUT2D eigenvalue weighted by molar-refractivity contribution is 0.323. The van der Waals surface area contributed by atoms with Gasteiger partial charge in [-0.15, -0.1) is 0 Å². The molecular formula is C20H27NO3. The van der Waals surface area contributed by atoms with E-state index >= 15 is 0 Å². The Labute approximate surface area is 144 Å². The fourth-order valence-corrected chi connectivity index (χ4v) is 3.12. The molecule has 0 saturated heterocycles. The minimum absolute atomic E-state index is 0.242. The molecule has 130 valence electrons. The van der Waals surface area contributed by atoms with Crippen molar-refractivity contribution in [2.45, 2.75) is 26.2 Å².